The van der Waals surface area contributed by atoms with E-state index in [1.165, 1.54) is 0 Å². The minimum Gasteiger partial charge on any atom is -0.383 e. The van der Waals surface area contributed by atoms with E-state index in [1.807, 2.05) is 25.1 Å². The van der Waals surface area contributed by atoms with Gasteiger partial charge in [-0.2, -0.15) is 0 Å². The first-order chi connectivity index (χ1) is 6.64. The quantitative estimate of drug-likeness (QED) is 0.835. The molecule has 1 aromatic rings. The van der Waals surface area contributed by atoms with Crippen molar-refractivity contribution in [1.82, 2.24) is 0 Å². The summed E-state index contributed by atoms with van der Waals surface area (Å²) in [5.74, 6) is 0. The Morgan fingerprint density at radius 2 is 2.07 bits per heavy atom. The van der Waals surface area contributed by atoms with E-state index in [0.29, 0.717) is 11.4 Å². The third-order valence-electron chi connectivity index (χ3n) is 2.34. The number of rotatable bonds is 4. The van der Waals surface area contributed by atoms with Gasteiger partial charge in [0.15, 0.2) is 0 Å². The number of hydrogen-bond acceptors (Lipinski definition) is 2. The van der Waals surface area contributed by atoms with Crippen molar-refractivity contribution in [3.05, 3.63) is 34.9 Å². The van der Waals surface area contributed by atoms with E-state index in [2.05, 4.69) is 0 Å². The van der Waals surface area contributed by atoms with E-state index in [9.17, 15) is 5.11 Å². The Morgan fingerprint density at radius 1 is 1.43 bits per heavy atom. The summed E-state index contributed by atoms with van der Waals surface area (Å²) in [5, 5.41) is 10.8. The van der Waals surface area contributed by atoms with Crippen LogP contribution in [0.2, 0.25) is 5.02 Å². The third kappa shape index (κ3) is 2.27. The topological polar surface area (TPSA) is 29.5 Å². The summed E-state index contributed by atoms with van der Waals surface area (Å²) in [6.45, 7) is 2.16. The Labute approximate surface area is 89.5 Å². The summed E-state index contributed by atoms with van der Waals surface area (Å²) in [6, 6.07) is 7.30. The lowest BCUT2D eigenvalue weighted by Crippen LogP contribution is -2.30. The fourth-order valence-corrected chi connectivity index (χ4v) is 1.76. The van der Waals surface area contributed by atoms with Crippen LogP contribution in [0.5, 0.6) is 0 Å². The molecule has 0 aliphatic rings. The second-order valence-electron chi connectivity index (χ2n) is 3.30. The predicted octanol–water partition coefficient (Wildman–Crippen LogP) is 2.58. The molecule has 0 aliphatic heterocycles. The highest BCUT2D eigenvalue weighted by atomic mass is 35.5. The monoisotopic (exact) mass is 214 g/mol. The fraction of sp³-hybridized carbons (Fsp3) is 0.455. The molecule has 0 aromatic heterocycles. The molecule has 1 atom stereocenters. The molecule has 0 saturated heterocycles. The SMILES string of the molecule is CCC(O)(COC)c1ccccc1Cl. The Balaban J connectivity index is 3.05. The van der Waals surface area contributed by atoms with Gasteiger partial charge in [0, 0.05) is 17.7 Å². The number of aliphatic hydroxyl groups is 1. The van der Waals surface area contributed by atoms with Gasteiger partial charge in [-0.05, 0) is 12.5 Å². The van der Waals surface area contributed by atoms with Crippen LogP contribution in [-0.4, -0.2) is 18.8 Å². The second kappa shape index (κ2) is 4.78. The highest BCUT2D eigenvalue weighted by Gasteiger charge is 2.28. The van der Waals surface area contributed by atoms with Crippen LogP contribution >= 0.6 is 11.6 Å². The molecule has 0 radical (unpaired) electrons. The second-order valence-corrected chi connectivity index (χ2v) is 3.71. The largest absolute Gasteiger partial charge is 0.383 e. The van der Waals surface area contributed by atoms with Gasteiger partial charge in [-0.1, -0.05) is 36.7 Å². The van der Waals surface area contributed by atoms with Crippen molar-refractivity contribution in [3.8, 4) is 0 Å². The zero-order chi connectivity index (χ0) is 10.6. The smallest absolute Gasteiger partial charge is 0.114 e. The van der Waals surface area contributed by atoms with E-state index < -0.39 is 5.60 Å². The number of halogens is 1. The fourth-order valence-electron chi connectivity index (χ4n) is 1.45. The Morgan fingerprint density at radius 3 is 2.57 bits per heavy atom. The molecule has 3 heteroatoms. The Bertz CT molecular complexity index is 301. The van der Waals surface area contributed by atoms with Crippen LogP contribution in [0.4, 0.5) is 0 Å². The molecule has 1 unspecified atom stereocenters. The molecular weight excluding hydrogens is 200 g/mol. The summed E-state index contributed by atoms with van der Waals surface area (Å²) >= 11 is 6.01. The average molecular weight is 215 g/mol. The minimum atomic E-state index is -0.979. The van der Waals surface area contributed by atoms with Crippen LogP contribution in [0.3, 0.4) is 0 Å². The molecule has 0 fully saturated rings. The first-order valence-electron chi connectivity index (χ1n) is 4.60. The van der Waals surface area contributed by atoms with Crippen LogP contribution in [0.15, 0.2) is 24.3 Å². The van der Waals surface area contributed by atoms with Gasteiger partial charge in [0.25, 0.3) is 0 Å². The van der Waals surface area contributed by atoms with Crippen molar-refractivity contribution in [1.29, 1.82) is 0 Å². The summed E-state index contributed by atoms with van der Waals surface area (Å²) in [4.78, 5) is 0. The molecule has 0 amide bonds. The molecule has 78 valence electrons. The van der Waals surface area contributed by atoms with Gasteiger partial charge in [-0.3, -0.25) is 0 Å². The Hall–Kier alpha value is -0.570. The first-order valence-corrected chi connectivity index (χ1v) is 4.98. The molecule has 2 nitrogen and oxygen atoms in total. The third-order valence-corrected chi connectivity index (χ3v) is 2.67. The van der Waals surface area contributed by atoms with E-state index in [0.717, 1.165) is 5.56 Å². The normalized spacial score (nSPS) is 15.1. The average Bonchev–Trinajstić information content (AvgIpc) is 2.18. The molecule has 14 heavy (non-hydrogen) atoms. The molecule has 1 aromatic carbocycles. The van der Waals surface area contributed by atoms with Crippen LogP contribution < -0.4 is 0 Å². The maximum atomic E-state index is 10.3. The zero-order valence-corrected chi connectivity index (χ0v) is 9.21. The van der Waals surface area contributed by atoms with E-state index in [1.54, 1.807) is 13.2 Å². The van der Waals surface area contributed by atoms with Crippen LogP contribution in [0, 0.1) is 0 Å². The summed E-state index contributed by atoms with van der Waals surface area (Å²) in [7, 11) is 1.57. The van der Waals surface area contributed by atoms with E-state index in [4.69, 9.17) is 16.3 Å². The molecule has 1 rings (SSSR count). The predicted molar refractivity (Wildman–Crippen MR) is 57.5 cm³/mol. The number of methoxy groups -OCH3 is 1. The maximum Gasteiger partial charge on any atom is 0.114 e. The van der Waals surface area contributed by atoms with Crippen molar-refractivity contribution in [2.75, 3.05) is 13.7 Å². The standard InChI is InChI=1S/C11H15ClO2/c1-3-11(13,8-14-2)9-6-4-5-7-10(9)12/h4-7,13H,3,8H2,1-2H3. The number of ether oxygens (including phenoxy) is 1. The highest BCUT2D eigenvalue weighted by Crippen LogP contribution is 2.30. The molecule has 0 heterocycles. The van der Waals surface area contributed by atoms with Crippen molar-refractivity contribution in [2.24, 2.45) is 0 Å². The Kier molecular flexibility index (Phi) is 3.93. The molecule has 0 saturated carbocycles. The maximum absolute atomic E-state index is 10.3. The number of benzene rings is 1. The molecular formula is C11H15ClO2. The molecule has 0 spiro atoms. The van der Waals surface area contributed by atoms with E-state index >= 15 is 0 Å². The van der Waals surface area contributed by atoms with Gasteiger partial charge >= 0.3 is 0 Å². The van der Waals surface area contributed by atoms with Gasteiger partial charge in [0.1, 0.15) is 5.60 Å². The molecule has 0 aliphatic carbocycles. The number of hydrogen-bond donors (Lipinski definition) is 1. The van der Waals surface area contributed by atoms with Crippen LogP contribution in [0.25, 0.3) is 0 Å². The van der Waals surface area contributed by atoms with Gasteiger partial charge in [0.05, 0.1) is 6.61 Å². The van der Waals surface area contributed by atoms with Gasteiger partial charge < -0.3 is 9.84 Å². The van der Waals surface area contributed by atoms with Crippen molar-refractivity contribution in [2.45, 2.75) is 18.9 Å². The lowest BCUT2D eigenvalue weighted by Gasteiger charge is -2.27. The summed E-state index contributed by atoms with van der Waals surface area (Å²) < 4.78 is 5.00. The van der Waals surface area contributed by atoms with Crippen LogP contribution in [0.1, 0.15) is 18.9 Å². The van der Waals surface area contributed by atoms with Crippen molar-refractivity contribution in [3.63, 3.8) is 0 Å². The highest BCUT2D eigenvalue weighted by molar-refractivity contribution is 6.31. The van der Waals surface area contributed by atoms with E-state index in [-0.39, 0.29) is 6.61 Å². The lowest BCUT2D eigenvalue weighted by molar-refractivity contribution is -0.0385. The van der Waals surface area contributed by atoms with Crippen molar-refractivity contribution >= 4 is 11.6 Å². The van der Waals surface area contributed by atoms with Gasteiger partial charge in [-0.15, -0.1) is 0 Å². The van der Waals surface area contributed by atoms with Gasteiger partial charge in [-0.25, -0.2) is 0 Å². The molecule has 1 N–H and O–H groups in total. The molecule has 0 bridgehead atoms. The zero-order valence-electron chi connectivity index (χ0n) is 8.46. The first kappa shape index (κ1) is 11.5. The minimum absolute atomic E-state index is 0.257. The van der Waals surface area contributed by atoms with Crippen LogP contribution in [-0.2, 0) is 10.3 Å². The summed E-state index contributed by atoms with van der Waals surface area (Å²) in [5.41, 5.74) is -0.251. The van der Waals surface area contributed by atoms with Crippen molar-refractivity contribution < 1.29 is 9.84 Å². The lowest BCUT2D eigenvalue weighted by atomic mass is 9.92. The van der Waals surface area contributed by atoms with Gasteiger partial charge in [0.2, 0.25) is 0 Å². The summed E-state index contributed by atoms with van der Waals surface area (Å²) in [6.07, 6.45) is 0.574.